The second kappa shape index (κ2) is 10.4. The van der Waals surface area contributed by atoms with E-state index in [1.165, 1.54) is 57.8 Å². The van der Waals surface area contributed by atoms with Crippen molar-refractivity contribution in [3.63, 3.8) is 0 Å². The van der Waals surface area contributed by atoms with E-state index in [0.717, 1.165) is 36.0 Å². The maximum atomic E-state index is 13.0. The molecule has 1 aromatic rings. The Morgan fingerprint density at radius 1 is 0.947 bits per heavy atom. The number of hydrogen-bond acceptors (Lipinski definition) is 2. The van der Waals surface area contributed by atoms with Gasteiger partial charge in [0.15, 0.2) is 0 Å². The molecule has 3 saturated carbocycles. The van der Waals surface area contributed by atoms with Gasteiger partial charge in [-0.25, -0.2) is 4.79 Å². The fourth-order valence-electron chi connectivity index (χ4n) is 10.3. The summed E-state index contributed by atoms with van der Waals surface area (Å²) in [4.78, 5) is 13.0. The first-order chi connectivity index (χ1) is 18.0. The van der Waals surface area contributed by atoms with Gasteiger partial charge in [-0.2, -0.15) is 0 Å². The number of benzene rings is 1. The van der Waals surface area contributed by atoms with Gasteiger partial charge >= 0.3 is 5.97 Å². The summed E-state index contributed by atoms with van der Waals surface area (Å²) in [6.07, 6.45) is 15.7. The monoisotopic (exact) mass is 518 g/mol. The SMILES string of the molecule is CC(C)CCC[C@@H](C)[C@H]1CC=C2[C@@H]3CC[C@H]4C(C)(C)[C@@H](OC(=O)c5ccccc5)CC[C@]4(C)[C@H]3CC[C@@]21C. The Morgan fingerprint density at radius 2 is 1.68 bits per heavy atom. The van der Waals surface area contributed by atoms with E-state index in [2.05, 4.69) is 54.5 Å². The summed E-state index contributed by atoms with van der Waals surface area (Å²) in [5.74, 6) is 4.48. The number of carbonyl (C=O) groups is 1. The molecule has 0 bridgehead atoms. The van der Waals surface area contributed by atoms with Gasteiger partial charge < -0.3 is 4.74 Å². The summed E-state index contributed by atoms with van der Waals surface area (Å²) in [5.41, 5.74) is 3.28. The first kappa shape index (κ1) is 28.0. The Hall–Kier alpha value is -1.57. The van der Waals surface area contributed by atoms with Crippen LogP contribution >= 0.6 is 0 Å². The lowest BCUT2D eigenvalue weighted by Gasteiger charge is -2.64. The van der Waals surface area contributed by atoms with Crippen molar-refractivity contribution < 1.29 is 9.53 Å². The molecule has 0 N–H and O–H groups in total. The van der Waals surface area contributed by atoms with Gasteiger partial charge in [0, 0.05) is 5.41 Å². The van der Waals surface area contributed by atoms with Crippen LogP contribution in [0.3, 0.4) is 0 Å². The molecule has 2 nitrogen and oxygen atoms in total. The molecule has 0 radical (unpaired) electrons. The van der Waals surface area contributed by atoms with Gasteiger partial charge in [-0.3, -0.25) is 0 Å². The second-order valence-corrected chi connectivity index (χ2v) is 15.2. The summed E-state index contributed by atoms with van der Waals surface area (Å²) in [7, 11) is 0. The molecule has 0 aromatic heterocycles. The molecule has 2 heteroatoms. The number of rotatable bonds is 7. The van der Waals surface area contributed by atoms with Gasteiger partial charge in [0.1, 0.15) is 6.10 Å². The van der Waals surface area contributed by atoms with Crippen LogP contribution in [0.2, 0.25) is 0 Å². The number of ether oxygens (including phenoxy) is 1. The van der Waals surface area contributed by atoms with Gasteiger partial charge in [0.05, 0.1) is 5.56 Å². The highest BCUT2D eigenvalue weighted by atomic mass is 16.5. The van der Waals surface area contributed by atoms with Crippen molar-refractivity contribution in [2.24, 2.45) is 51.8 Å². The maximum Gasteiger partial charge on any atom is 0.338 e. The van der Waals surface area contributed by atoms with E-state index >= 15 is 0 Å². The zero-order valence-corrected chi connectivity index (χ0v) is 25.4. The molecule has 4 aliphatic carbocycles. The van der Waals surface area contributed by atoms with Gasteiger partial charge in [0.25, 0.3) is 0 Å². The van der Waals surface area contributed by atoms with Crippen molar-refractivity contribution in [1.82, 2.24) is 0 Å². The van der Waals surface area contributed by atoms with Crippen LogP contribution in [0, 0.1) is 51.8 Å². The predicted molar refractivity (Wildman–Crippen MR) is 158 cm³/mol. The Bertz CT molecular complexity index is 1020. The highest BCUT2D eigenvalue weighted by Crippen LogP contribution is 2.69. The highest BCUT2D eigenvalue weighted by Gasteiger charge is 2.62. The zero-order valence-electron chi connectivity index (χ0n) is 25.4. The Balaban J connectivity index is 1.29. The average Bonchev–Trinajstić information content (AvgIpc) is 3.23. The van der Waals surface area contributed by atoms with E-state index in [0.29, 0.717) is 22.3 Å². The van der Waals surface area contributed by atoms with Gasteiger partial charge in [-0.05, 0) is 103 Å². The molecule has 210 valence electrons. The minimum absolute atomic E-state index is 0.000419. The number of esters is 1. The quantitative estimate of drug-likeness (QED) is 0.265. The van der Waals surface area contributed by atoms with E-state index in [1.54, 1.807) is 0 Å². The van der Waals surface area contributed by atoms with Crippen molar-refractivity contribution in [1.29, 1.82) is 0 Å². The fraction of sp³-hybridized carbons (Fsp3) is 0.750. The van der Waals surface area contributed by atoms with Crippen LogP contribution in [0.25, 0.3) is 0 Å². The van der Waals surface area contributed by atoms with Crippen molar-refractivity contribution in [2.75, 3.05) is 0 Å². The number of carbonyl (C=O) groups excluding carboxylic acids is 1. The molecule has 0 unspecified atom stereocenters. The normalized spacial score (nSPS) is 38.5. The van der Waals surface area contributed by atoms with Crippen LogP contribution in [0.1, 0.15) is 123 Å². The molecular formula is C36H54O2. The Kier molecular flexibility index (Phi) is 7.69. The molecule has 0 amide bonds. The Labute approximate surface area is 233 Å². The van der Waals surface area contributed by atoms with Gasteiger partial charge in [-0.1, -0.05) is 97.6 Å². The van der Waals surface area contributed by atoms with E-state index in [4.69, 9.17) is 4.74 Å². The smallest absolute Gasteiger partial charge is 0.338 e. The molecule has 1 aromatic carbocycles. The molecule has 0 spiro atoms. The summed E-state index contributed by atoms with van der Waals surface area (Å²) in [6.45, 7) is 17.3. The molecule has 3 fully saturated rings. The molecule has 8 atom stereocenters. The molecular weight excluding hydrogens is 464 g/mol. The van der Waals surface area contributed by atoms with Crippen LogP contribution in [-0.4, -0.2) is 12.1 Å². The summed E-state index contributed by atoms with van der Waals surface area (Å²) < 4.78 is 6.25. The predicted octanol–water partition coefficient (Wildman–Crippen LogP) is 9.89. The highest BCUT2D eigenvalue weighted by molar-refractivity contribution is 5.89. The van der Waals surface area contributed by atoms with Gasteiger partial charge in [0.2, 0.25) is 0 Å². The first-order valence-corrected chi connectivity index (χ1v) is 15.9. The minimum atomic E-state index is -0.154. The third-order valence-corrected chi connectivity index (χ3v) is 12.4. The number of hydrogen-bond donors (Lipinski definition) is 0. The lowest BCUT2D eigenvalue weighted by molar-refractivity contribution is -0.158. The lowest BCUT2D eigenvalue weighted by atomic mass is 9.41. The first-order valence-electron chi connectivity index (χ1n) is 15.9. The number of fused-ring (bicyclic) bond motifs is 5. The molecule has 5 rings (SSSR count). The van der Waals surface area contributed by atoms with Crippen molar-refractivity contribution in [3.05, 3.63) is 47.5 Å². The topological polar surface area (TPSA) is 26.3 Å². The average molecular weight is 519 g/mol. The second-order valence-electron chi connectivity index (χ2n) is 15.2. The third kappa shape index (κ3) is 4.71. The third-order valence-electron chi connectivity index (χ3n) is 12.4. The molecule has 4 aliphatic rings. The Morgan fingerprint density at radius 3 is 2.39 bits per heavy atom. The summed E-state index contributed by atoms with van der Waals surface area (Å²) >= 11 is 0. The zero-order chi connectivity index (χ0) is 27.3. The largest absolute Gasteiger partial charge is 0.458 e. The number of allylic oxidation sites excluding steroid dienone is 2. The summed E-state index contributed by atoms with van der Waals surface area (Å²) in [6, 6.07) is 9.55. The van der Waals surface area contributed by atoms with Crippen LogP contribution in [0.4, 0.5) is 0 Å². The van der Waals surface area contributed by atoms with Crippen molar-refractivity contribution >= 4 is 5.97 Å². The summed E-state index contributed by atoms with van der Waals surface area (Å²) in [5, 5.41) is 0. The van der Waals surface area contributed by atoms with Crippen LogP contribution < -0.4 is 0 Å². The van der Waals surface area contributed by atoms with Crippen molar-refractivity contribution in [2.45, 2.75) is 119 Å². The van der Waals surface area contributed by atoms with Crippen LogP contribution in [-0.2, 0) is 4.74 Å². The fourth-order valence-corrected chi connectivity index (χ4v) is 10.3. The molecule has 38 heavy (non-hydrogen) atoms. The van der Waals surface area contributed by atoms with E-state index in [1.807, 2.05) is 35.9 Å². The maximum absolute atomic E-state index is 13.0. The van der Waals surface area contributed by atoms with E-state index in [-0.39, 0.29) is 17.5 Å². The molecule has 0 saturated heterocycles. The van der Waals surface area contributed by atoms with Gasteiger partial charge in [-0.15, -0.1) is 0 Å². The van der Waals surface area contributed by atoms with E-state index in [9.17, 15) is 4.79 Å². The lowest BCUT2D eigenvalue weighted by Crippen LogP contribution is -2.58. The molecule has 0 aliphatic heterocycles. The minimum Gasteiger partial charge on any atom is -0.458 e. The van der Waals surface area contributed by atoms with Crippen molar-refractivity contribution in [3.8, 4) is 0 Å². The van der Waals surface area contributed by atoms with Crippen LogP contribution in [0.15, 0.2) is 42.0 Å². The standard InChI is InChI=1S/C36H54O2/c1-24(2)12-11-13-25(3)28-17-18-29-27-16-19-31-34(4,5)32(38-33(37)26-14-9-8-10-15-26)21-23-36(31,7)30(27)20-22-35(28,29)6/h8-10,14-15,18,24-25,27-28,30-32H,11-13,16-17,19-23H2,1-7H3/t25-,27+,28-,30+,31+,32+,35-,36-/m1/s1. The molecule has 0 heterocycles. The van der Waals surface area contributed by atoms with Crippen LogP contribution in [0.5, 0.6) is 0 Å². The van der Waals surface area contributed by atoms with E-state index < -0.39 is 0 Å².